The summed E-state index contributed by atoms with van der Waals surface area (Å²) in [6, 6.07) is 6.74. The van der Waals surface area contributed by atoms with Crippen molar-refractivity contribution >= 4 is 11.8 Å². The molecule has 1 fully saturated rings. The van der Waals surface area contributed by atoms with Crippen LogP contribution in [-0.2, 0) is 9.53 Å². The molecule has 152 valence electrons. The third-order valence-electron chi connectivity index (χ3n) is 6.66. The van der Waals surface area contributed by atoms with E-state index in [9.17, 15) is 14.7 Å². The van der Waals surface area contributed by atoms with Gasteiger partial charge < -0.3 is 14.6 Å². The second-order valence-corrected chi connectivity index (χ2v) is 8.77. The highest BCUT2D eigenvalue weighted by molar-refractivity contribution is 5.91. The van der Waals surface area contributed by atoms with Crippen molar-refractivity contribution in [2.24, 2.45) is 17.3 Å². The quantitative estimate of drug-likeness (QED) is 0.627. The predicted molar refractivity (Wildman–Crippen MR) is 106 cm³/mol. The van der Waals surface area contributed by atoms with E-state index in [2.05, 4.69) is 6.08 Å². The summed E-state index contributed by atoms with van der Waals surface area (Å²) >= 11 is 0. The zero-order valence-electron chi connectivity index (χ0n) is 17.3. The number of allylic oxidation sites excluding steroid dienone is 1. The van der Waals surface area contributed by atoms with Gasteiger partial charge in [0.05, 0.1) is 18.3 Å². The number of hydrogen-bond acceptors (Lipinski definition) is 5. The highest BCUT2D eigenvalue weighted by Gasteiger charge is 2.63. The second kappa shape index (κ2) is 7.36. The van der Waals surface area contributed by atoms with Gasteiger partial charge in [-0.2, -0.15) is 0 Å². The van der Waals surface area contributed by atoms with Gasteiger partial charge in [-0.3, -0.25) is 4.79 Å². The van der Waals surface area contributed by atoms with Crippen molar-refractivity contribution in [1.29, 1.82) is 0 Å². The van der Waals surface area contributed by atoms with E-state index in [0.717, 1.165) is 5.57 Å². The van der Waals surface area contributed by atoms with E-state index < -0.39 is 29.0 Å². The molecular weight excluding hydrogens is 356 g/mol. The van der Waals surface area contributed by atoms with Gasteiger partial charge in [0.1, 0.15) is 17.6 Å². The molecule has 1 aromatic carbocycles. The van der Waals surface area contributed by atoms with Crippen LogP contribution in [0, 0.1) is 17.3 Å². The van der Waals surface area contributed by atoms with Crippen LogP contribution < -0.4 is 4.74 Å². The molecule has 0 radical (unpaired) electrons. The molecule has 1 aromatic rings. The van der Waals surface area contributed by atoms with Crippen LogP contribution in [0.1, 0.15) is 57.3 Å². The molecule has 4 unspecified atom stereocenters. The van der Waals surface area contributed by atoms with Crippen molar-refractivity contribution in [3.63, 3.8) is 0 Å². The van der Waals surface area contributed by atoms with Crippen LogP contribution in [-0.4, -0.2) is 35.7 Å². The normalized spacial score (nSPS) is 32.5. The van der Waals surface area contributed by atoms with Gasteiger partial charge in [-0.15, -0.1) is 0 Å². The number of ether oxygens (including phenoxy) is 2. The lowest BCUT2D eigenvalue weighted by Crippen LogP contribution is -2.50. The number of fused-ring (bicyclic) bond motifs is 1. The fourth-order valence-corrected chi connectivity index (χ4v) is 4.78. The number of ketones is 1. The van der Waals surface area contributed by atoms with Crippen molar-refractivity contribution in [2.45, 2.75) is 58.7 Å². The molecule has 0 heterocycles. The maximum absolute atomic E-state index is 12.9. The first-order valence-corrected chi connectivity index (χ1v) is 9.88. The average molecular weight is 386 g/mol. The van der Waals surface area contributed by atoms with Gasteiger partial charge >= 0.3 is 5.97 Å². The van der Waals surface area contributed by atoms with Crippen LogP contribution in [0.5, 0.6) is 5.75 Å². The maximum atomic E-state index is 12.9. The van der Waals surface area contributed by atoms with Crippen molar-refractivity contribution in [3.8, 4) is 5.75 Å². The fourth-order valence-electron chi connectivity index (χ4n) is 4.78. The first kappa shape index (κ1) is 20.6. The van der Waals surface area contributed by atoms with Gasteiger partial charge in [0, 0.05) is 24.2 Å². The molecule has 3 rings (SSSR count). The highest BCUT2D eigenvalue weighted by atomic mass is 16.5. The number of hydrogen-bond donors (Lipinski definition) is 1. The number of methoxy groups -OCH3 is 1. The van der Waals surface area contributed by atoms with E-state index in [1.165, 1.54) is 0 Å². The third kappa shape index (κ3) is 3.37. The van der Waals surface area contributed by atoms with E-state index in [0.29, 0.717) is 24.2 Å². The van der Waals surface area contributed by atoms with Gasteiger partial charge in [-0.05, 0) is 43.5 Å². The highest BCUT2D eigenvalue weighted by Crippen LogP contribution is 2.56. The monoisotopic (exact) mass is 386 g/mol. The Morgan fingerprint density at radius 2 is 1.89 bits per heavy atom. The Morgan fingerprint density at radius 1 is 1.25 bits per heavy atom. The molecule has 0 amide bonds. The van der Waals surface area contributed by atoms with Gasteiger partial charge in [0.2, 0.25) is 0 Å². The molecule has 0 spiro atoms. The summed E-state index contributed by atoms with van der Waals surface area (Å²) in [5.74, 6) is -0.305. The van der Waals surface area contributed by atoms with Crippen LogP contribution >= 0.6 is 0 Å². The summed E-state index contributed by atoms with van der Waals surface area (Å²) in [4.78, 5) is 25.8. The van der Waals surface area contributed by atoms with Crippen LogP contribution in [0.25, 0.3) is 0 Å². The first-order chi connectivity index (χ1) is 13.1. The second-order valence-electron chi connectivity index (χ2n) is 8.77. The van der Waals surface area contributed by atoms with Gasteiger partial charge in [0.15, 0.2) is 0 Å². The smallest absolute Gasteiger partial charge is 0.338 e. The summed E-state index contributed by atoms with van der Waals surface area (Å²) in [6.45, 7) is 7.74. The molecule has 2 aliphatic carbocycles. The zero-order valence-corrected chi connectivity index (χ0v) is 17.3. The predicted octanol–water partition coefficient (Wildman–Crippen LogP) is 3.94. The summed E-state index contributed by atoms with van der Waals surface area (Å²) in [7, 11) is 1.57. The summed E-state index contributed by atoms with van der Waals surface area (Å²) in [5, 5.41) is 11.5. The molecule has 5 nitrogen and oxygen atoms in total. The Hall–Kier alpha value is -2.14. The molecule has 5 heteroatoms. The lowest BCUT2D eigenvalue weighted by atomic mass is 9.67. The van der Waals surface area contributed by atoms with E-state index >= 15 is 0 Å². The SMILES string of the molecule is COc1ccc(C(=O)OC2CC(C)=CCC3(C)C(=O)CC(O)(C(C)C)C23)cc1. The summed E-state index contributed by atoms with van der Waals surface area (Å²) in [5.41, 5.74) is -0.426. The molecular formula is C23H30O5. The number of benzene rings is 1. The molecule has 0 saturated heterocycles. The molecule has 0 bridgehead atoms. The summed E-state index contributed by atoms with van der Waals surface area (Å²) in [6.07, 6.45) is 2.68. The Morgan fingerprint density at radius 3 is 2.46 bits per heavy atom. The third-order valence-corrected chi connectivity index (χ3v) is 6.66. The van der Waals surface area contributed by atoms with Gasteiger partial charge in [-0.25, -0.2) is 4.79 Å². The molecule has 1 saturated carbocycles. The van der Waals surface area contributed by atoms with Crippen molar-refractivity contribution in [2.75, 3.05) is 7.11 Å². The van der Waals surface area contributed by atoms with Crippen LogP contribution in [0.2, 0.25) is 0 Å². The topological polar surface area (TPSA) is 72.8 Å². The summed E-state index contributed by atoms with van der Waals surface area (Å²) < 4.78 is 11.1. The Labute approximate surface area is 166 Å². The number of carbonyl (C=O) groups excluding carboxylic acids is 2. The number of carbonyl (C=O) groups is 2. The number of Topliss-reactive ketones (excluding diaryl/α,β-unsaturated/α-hetero) is 1. The van der Waals surface area contributed by atoms with E-state index in [-0.39, 0.29) is 18.1 Å². The van der Waals surface area contributed by atoms with Crippen LogP contribution in [0.15, 0.2) is 35.9 Å². The Kier molecular flexibility index (Phi) is 5.41. The zero-order chi connectivity index (χ0) is 20.7. The Balaban J connectivity index is 1.95. The molecule has 1 N–H and O–H groups in total. The van der Waals surface area contributed by atoms with E-state index in [1.54, 1.807) is 31.4 Å². The minimum Gasteiger partial charge on any atom is -0.497 e. The lowest BCUT2D eigenvalue weighted by molar-refractivity contribution is -0.129. The maximum Gasteiger partial charge on any atom is 0.338 e. The first-order valence-electron chi connectivity index (χ1n) is 9.88. The minimum absolute atomic E-state index is 0.0464. The van der Waals surface area contributed by atoms with Crippen LogP contribution in [0.4, 0.5) is 0 Å². The fraction of sp³-hybridized carbons (Fsp3) is 0.565. The largest absolute Gasteiger partial charge is 0.497 e. The average Bonchev–Trinajstić information content (AvgIpc) is 2.76. The molecule has 28 heavy (non-hydrogen) atoms. The number of esters is 1. The lowest BCUT2D eigenvalue weighted by Gasteiger charge is -2.42. The van der Waals surface area contributed by atoms with Gasteiger partial charge in [0.25, 0.3) is 0 Å². The van der Waals surface area contributed by atoms with E-state index in [1.807, 2.05) is 27.7 Å². The Bertz CT molecular complexity index is 794. The van der Waals surface area contributed by atoms with E-state index in [4.69, 9.17) is 9.47 Å². The standard InChI is InChI=1S/C23H30O5/c1-14(2)23(26)13-19(24)22(4)11-10-15(3)12-18(20(22)23)28-21(25)16-6-8-17(27-5)9-7-16/h6-10,14,18,20,26H,11-13H2,1-5H3. The number of rotatable bonds is 4. The van der Waals surface area contributed by atoms with Crippen molar-refractivity contribution < 1.29 is 24.2 Å². The van der Waals surface area contributed by atoms with Crippen molar-refractivity contribution in [1.82, 2.24) is 0 Å². The van der Waals surface area contributed by atoms with Crippen molar-refractivity contribution in [3.05, 3.63) is 41.5 Å². The molecule has 2 aliphatic rings. The molecule has 0 aromatic heterocycles. The number of aliphatic hydroxyl groups is 1. The molecule has 0 aliphatic heterocycles. The van der Waals surface area contributed by atoms with Gasteiger partial charge in [-0.1, -0.05) is 32.4 Å². The minimum atomic E-state index is -1.19. The molecule has 4 atom stereocenters. The van der Waals surface area contributed by atoms with Crippen LogP contribution in [0.3, 0.4) is 0 Å².